The Labute approximate surface area is 85.5 Å². The van der Waals surface area contributed by atoms with E-state index in [1.807, 2.05) is 0 Å². The second kappa shape index (κ2) is 3.93. The standard InChI is InChI=1S/C8H11N3O2S/c9-7(12)6-5-10-8(14-6)11-1-3-13-4-2-11/h5H,1-4H2,(H2,9,12). The predicted molar refractivity (Wildman–Crippen MR) is 53.7 cm³/mol. The fourth-order valence-electron chi connectivity index (χ4n) is 1.28. The van der Waals surface area contributed by atoms with Crippen molar-refractivity contribution in [1.29, 1.82) is 0 Å². The molecule has 2 N–H and O–H groups in total. The van der Waals surface area contributed by atoms with E-state index in [1.54, 1.807) is 0 Å². The number of anilines is 1. The van der Waals surface area contributed by atoms with Crippen LogP contribution in [0.1, 0.15) is 9.67 Å². The zero-order valence-corrected chi connectivity index (χ0v) is 8.42. The maximum atomic E-state index is 10.8. The van der Waals surface area contributed by atoms with Crippen molar-refractivity contribution in [3.8, 4) is 0 Å². The summed E-state index contributed by atoms with van der Waals surface area (Å²) in [5.74, 6) is -0.415. The molecule has 2 heterocycles. The van der Waals surface area contributed by atoms with E-state index in [0.717, 1.165) is 18.2 Å². The maximum absolute atomic E-state index is 10.8. The van der Waals surface area contributed by atoms with Crippen LogP contribution in [0.15, 0.2) is 6.20 Å². The van der Waals surface area contributed by atoms with Gasteiger partial charge in [0.1, 0.15) is 4.88 Å². The molecule has 1 aromatic rings. The molecule has 0 aromatic carbocycles. The number of carbonyl (C=O) groups excluding carboxylic acids is 1. The number of morpholine rings is 1. The highest BCUT2D eigenvalue weighted by atomic mass is 32.1. The Morgan fingerprint density at radius 1 is 1.57 bits per heavy atom. The number of ether oxygens (including phenoxy) is 1. The van der Waals surface area contributed by atoms with E-state index in [9.17, 15) is 4.79 Å². The monoisotopic (exact) mass is 213 g/mol. The number of hydrogen-bond donors (Lipinski definition) is 1. The van der Waals surface area contributed by atoms with Crippen LogP contribution in [0.5, 0.6) is 0 Å². The lowest BCUT2D eigenvalue weighted by molar-refractivity contribution is 0.100. The molecule has 0 aliphatic carbocycles. The number of nitrogens with two attached hydrogens (primary N) is 1. The molecule has 0 bridgehead atoms. The fraction of sp³-hybridized carbons (Fsp3) is 0.500. The van der Waals surface area contributed by atoms with Crippen molar-refractivity contribution >= 4 is 22.4 Å². The quantitative estimate of drug-likeness (QED) is 0.755. The highest BCUT2D eigenvalue weighted by molar-refractivity contribution is 7.17. The first-order valence-corrected chi connectivity index (χ1v) is 5.17. The van der Waals surface area contributed by atoms with Gasteiger partial charge in [0.15, 0.2) is 5.13 Å². The zero-order chi connectivity index (χ0) is 9.97. The van der Waals surface area contributed by atoms with Crippen LogP contribution in [0, 0.1) is 0 Å². The second-order valence-electron chi connectivity index (χ2n) is 2.97. The van der Waals surface area contributed by atoms with E-state index in [1.165, 1.54) is 17.5 Å². The van der Waals surface area contributed by atoms with Crippen molar-refractivity contribution in [3.05, 3.63) is 11.1 Å². The van der Waals surface area contributed by atoms with E-state index in [0.29, 0.717) is 18.1 Å². The van der Waals surface area contributed by atoms with E-state index >= 15 is 0 Å². The molecule has 1 amide bonds. The second-order valence-corrected chi connectivity index (χ2v) is 3.98. The van der Waals surface area contributed by atoms with Crippen LogP contribution in [-0.2, 0) is 4.74 Å². The molecule has 5 nitrogen and oxygen atoms in total. The molecule has 0 unspecified atom stereocenters. The molecule has 1 aromatic heterocycles. The summed E-state index contributed by atoms with van der Waals surface area (Å²) in [5.41, 5.74) is 5.14. The van der Waals surface area contributed by atoms with Gasteiger partial charge in [-0.1, -0.05) is 11.3 Å². The van der Waals surface area contributed by atoms with Crippen LogP contribution >= 0.6 is 11.3 Å². The third-order valence-electron chi connectivity index (χ3n) is 2.02. The lowest BCUT2D eigenvalue weighted by atomic mass is 10.5. The molecule has 1 saturated heterocycles. The third kappa shape index (κ3) is 1.85. The number of primary amides is 1. The van der Waals surface area contributed by atoms with Crippen molar-refractivity contribution in [2.75, 3.05) is 31.2 Å². The minimum atomic E-state index is -0.415. The largest absolute Gasteiger partial charge is 0.378 e. The Morgan fingerprint density at radius 2 is 2.29 bits per heavy atom. The first-order valence-electron chi connectivity index (χ1n) is 4.35. The van der Waals surface area contributed by atoms with E-state index in [-0.39, 0.29) is 0 Å². The van der Waals surface area contributed by atoms with Gasteiger partial charge in [-0.15, -0.1) is 0 Å². The van der Waals surface area contributed by atoms with Gasteiger partial charge in [0.2, 0.25) is 0 Å². The number of carbonyl (C=O) groups is 1. The summed E-state index contributed by atoms with van der Waals surface area (Å²) in [4.78, 5) is 17.6. The van der Waals surface area contributed by atoms with E-state index < -0.39 is 5.91 Å². The lowest BCUT2D eigenvalue weighted by Crippen LogP contribution is -2.36. The summed E-state index contributed by atoms with van der Waals surface area (Å²) in [6, 6.07) is 0. The highest BCUT2D eigenvalue weighted by Gasteiger charge is 2.15. The fourth-order valence-corrected chi connectivity index (χ4v) is 2.10. The molecule has 1 aliphatic heterocycles. The predicted octanol–water partition coefficient (Wildman–Crippen LogP) is 0.0786. The van der Waals surface area contributed by atoms with Gasteiger partial charge in [-0.05, 0) is 0 Å². The molecule has 76 valence electrons. The van der Waals surface area contributed by atoms with Gasteiger partial charge in [0.05, 0.1) is 19.4 Å². The molecule has 6 heteroatoms. The van der Waals surface area contributed by atoms with Crippen LogP contribution in [-0.4, -0.2) is 37.2 Å². The van der Waals surface area contributed by atoms with Gasteiger partial charge < -0.3 is 15.4 Å². The van der Waals surface area contributed by atoms with Gasteiger partial charge in [-0.3, -0.25) is 4.79 Å². The zero-order valence-electron chi connectivity index (χ0n) is 7.60. The van der Waals surface area contributed by atoms with Crippen molar-refractivity contribution < 1.29 is 9.53 Å². The summed E-state index contributed by atoms with van der Waals surface area (Å²) in [6.45, 7) is 3.08. The summed E-state index contributed by atoms with van der Waals surface area (Å²) < 4.78 is 5.22. The van der Waals surface area contributed by atoms with Crippen LogP contribution < -0.4 is 10.6 Å². The molecule has 0 spiro atoms. The van der Waals surface area contributed by atoms with Gasteiger partial charge in [-0.2, -0.15) is 0 Å². The Morgan fingerprint density at radius 3 is 2.86 bits per heavy atom. The molecule has 2 rings (SSSR count). The molecular formula is C8H11N3O2S. The Hall–Kier alpha value is -1.14. The number of hydrogen-bond acceptors (Lipinski definition) is 5. The van der Waals surface area contributed by atoms with Crippen molar-refractivity contribution in [2.24, 2.45) is 5.73 Å². The van der Waals surface area contributed by atoms with Gasteiger partial charge in [-0.25, -0.2) is 4.98 Å². The maximum Gasteiger partial charge on any atom is 0.260 e. The molecule has 0 radical (unpaired) electrons. The summed E-state index contributed by atoms with van der Waals surface area (Å²) in [7, 11) is 0. The normalized spacial score (nSPS) is 17.0. The SMILES string of the molecule is NC(=O)c1cnc(N2CCOCC2)s1. The van der Waals surface area contributed by atoms with Gasteiger partial charge in [0.25, 0.3) is 5.91 Å². The number of aromatic nitrogens is 1. The highest BCUT2D eigenvalue weighted by Crippen LogP contribution is 2.22. The Balaban J connectivity index is 2.11. The Bertz CT molecular complexity index is 333. The van der Waals surface area contributed by atoms with Gasteiger partial charge in [0, 0.05) is 13.1 Å². The topological polar surface area (TPSA) is 68.5 Å². The van der Waals surface area contributed by atoms with E-state index in [2.05, 4.69) is 9.88 Å². The van der Waals surface area contributed by atoms with Crippen LogP contribution in [0.4, 0.5) is 5.13 Å². The molecule has 1 fully saturated rings. The molecular weight excluding hydrogens is 202 g/mol. The number of nitrogens with zero attached hydrogens (tertiary/aromatic N) is 2. The first-order chi connectivity index (χ1) is 6.77. The van der Waals surface area contributed by atoms with Crippen LogP contribution in [0.3, 0.4) is 0 Å². The average Bonchev–Trinajstić information content (AvgIpc) is 2.68. The number of rotatable bonds is 2. The number of thiazole rings is 1. The minimum Gasteiger partial charge on any atom is -0.378 e. The van der Waals surface area contributed by atoms with Crippen molar-refractivity contribution in [3.63, 3.8) is 0 Å². The smallest absolute Gasteiger partial charge is 0.260 e. The van der Waals surface area contributed by atoms with Gasteiger partial charge >= 0.3 is 0 Å². The van der Waals surface area contributed by atoms with Crippen molar-refractivity contribution in [2.45, 2.75) is 0 Å². The first kappa shape index (κ1) is 9.42. The van der Waals surface area contributed by atoms with E-state index in [4.69, 9.17) is 10.5 Å². The molecule has 0 saturated carbocycles. The molecule has 0 atom stereocenters. The summed E-state index contributed by atoms with van der Waals surface area (Å²) in [6.07, 6.45) is 1.53. The minimum absolute atomic E-state index is 0.415. The summed E-state index contributed by atoms with van der Waals surface area (Å²) in [5, 5.41) is 0.849. The Kier molecular flexibility index (Phi) is 2.64. The summed E-state index contributed by atoms with van der Waals surface area (Å²) >= 11 is 1.33. The average molecular weight is 213 g/mol. The lowest BCUT2D eigenvalue weighted by Gasteiger charge is -2.25. The van der Waals surface area contributed by atoms with Crippen LogP contribution in [0.25, 0.3) is 0 Å². The van der Waals surface area contributed by atoms with Crippen LogP contribution in [0.2, 0.25) is 0 Å². The number of amides is 1. The third-order valence-corrected chi connectivity index (χ3v) is 3.09. The van der Waals surface area contributed by atoms with Crippen molar-refractivity contribution in [1.82, 2.24) is 4.98 Å². The molecule has 1 aliphatic rings. The molecule has 14 heavy (non-hydrogen) atoms.